The molecule has 18 heavy (non-hydrogen) atoms. The van der Waals surface area contributed by atoms with Gasteiger partial charge in [0.1, 0.15) is 0 Å². The Labute approximate surface area is 114 Å². The second kappa shape index (κ2) is 7.89. The van der Waals surface area contributed by atoms with Crippen molar-refractivity contribution in [2.45, 2.75) is 45.4 Å². The van der Waals surface area contributed by atoms with E-state index in [1.807, 2.05) is 13.8 Å². The summed E-state index contributed by atoms with van der Waals surface area (Å²) in [5, 5.41) is 12.0. The maximum atomic E-state index is 9.88. The Morgan fingerprint density at radius 2 is 2.11 bits per heavy atom. The van der Waals surface area contributed by atoms with Gasteiger partial charge in [0.25, 0.3) is 0 Å². The molecule has 1 N–H and O–H groups in total. The van der Waals surface area contributed by atoms with Crippen molar-refractivity contribution in [3.05, 3.63) is 22.4 Å². The fourth-order valence-electron chi connectivity index (χ4n) is 1.74. The number of hydrogen-bond acceptors (Lipinski definition) is 4. The van der Waals surface area contributed by atoms with Crippen LogP contribution in [0.1, 0.15) is 25.6 Å². The van der Waals surface area contributed by atoms with Crippen LogP contribution in [0.25, 0.3) is 0 Å². The summed E-state index contributed by atoms with van der Waals surface area (Å²) >= 11 is 1.79. The molecule has 0 fully saturated rings. The summed E-state index contributed by atoms with van der Waals surface area (Å²) in [4.78, 5) is 3.58. The van der Waals surface area contributed by atoms with E-state index in [2.05, 4.69) is 36.4 Å². The van der Waals surface area contributed by atoms with Gasteiger partial charge in [0.15, 0.2) is 0 Å². The zero-order chi connectivity index (χ0) is 13.5. The predicted octanol–water partition coefficient (Wildman–Crippen LogP) is 2.40. The molecule has 0 saturated carbocycles. The molecule has 1 rings (SSSR count). The number of ether oxygens (including phenoxy) is 1. The van der Waals surface area contributed by atoms with Gasteiger partial charge in [-0.25, -0.2) is 0 Å². The van der Waals surface area contributed by atoms with Crippen molar-refractivity contribution in [3.63, 3.8) is 0 Å². The highest BCUT2D eigenvalue weighted by Gasteiger charge is 2.15. The Balaban J connectivity index is 2.28. The lowest BCUT2D eigenvalue weighted by Gasteiger charge is -2.27. The van der Waals surface area contributed by atoms with Crippen LogP contribution in [-0.4, -0.2) is 48.5 Å². The molecule has 1 heterocycles. The molecule has 0 amide bonds. The normalized spacial score (nSPS) is 15.3. The molecule has 104 valence electrons. The number of likely N-dealkylation sites (N-methyl/N-ethyl adjacent to an activating group) is 1. The van der Waals surface area contributed by atoms with Gasteiger partial charge in [-0.3, -0.25) is 0 Å². The molecule has 2 unspecified atom stereocenters. The van der Waals surface area contributed by atoms with Gasteiger partial charge >= 0.3 is 0 Å². The van der Waals surface area contributed by atoms with E-state index in [1.165, 1.54) is 4.88 Å². The SMILES string of the molecule is CC(C)OCC(O)CN(C)C(C)Cc1cccs1. The number of rotatable bonds is 8. The summed E-state index contributed by atoms with van der Waals surface area (Å²) in [5.74, 6) is 0. The average molecular weight is 271 g/mol. The molecular formula is C14H25NO2S. The Hall–Kier alpha value is -0.420. The van der Waals surface area contributed by atoms with Crippen molar-refractivity contribution in [3.8, 4) is 0 Å². The first-order valence-corrected chi connectivity index (χ1v) is 7.39. The smallest absolute Gasteiger partial charge is 0.0900 e. The van der Waals surface area contributed by atoms with Crippen LogP contribution in [0.5, 0.6) is 0 Å². The molecule has 2 atom stereocenters. The standard InChI is InChI=1S/C14H25NO2S/c1-11(2)17-10-13(16)9-15(4)12(3)8-14-6-5-7-18-14/h5-7,11-13,16H,8-10H2,1-4H3. The van der Waals surface area contributed by atoms with Crippen molar-refractivity contribution >= 4 is 11.3 Å². The Morgan fingerprint density at radius 3 is 2.67 bits per heavy atom. The fourth-order valence-corrected chi connectivity index (χ4v) is 2.57. The first kappa shape index (κ1) is 15.6. The quantitative estimate of drug-likeness (QED) is 0.788. The number of aliphatic hydroxyl groups excluding tert-OH is 1. The lowest BCUT2D eigenvalue weighted by atomic mass is 10.1. The van der Waals surface area contributed by atoms with Gasteiger partial charge in [-0.05, 0) is 45.7 Å². The number of thiophene rings is 1. The van der Waals surface area contributed by atoms with Crippen molar-refractivity contribution in [2.24, 2.45) is 0 Å². The van der Waals surface area contributed by atoms with Crippen molar-refractivity contribution in [1.29, 1.82) is 0 Å². The Bertz CT molecular complexity index is 314. The second-order valence-electron chi connectivity index (χ2n) is 5.11. The van der Waals surface area contributed by atoms with Crippen LogP contribution >= 0.6 is 11.3 Å². The maximum absolute atomic E-state index is 9.88. The lowest BCUT2D eigenvalue weighted by molar-refractivity contribution is -0.00929. The van der Waals surface area contributed by atoms with Crippen molar-refractivity contribution < 1.29 is 9.84 Å². The van der Waals surface area contributed by atoms with Crippen LogP contribution < -0.4 is 0 Å². The van der Waals surface area contributed by atoms with E-state index < -0.39 is 6.10 Å². The summed E-state index contributed by atoms with van der Waals surface area (Å²) in [5.41, 5.74) is 0. The van der Waals surface area contributed by atoms with Gasteiger partial charge in [0, 0.05) is 17.5 Å². The van der Waals surface area contributed by atoms with E-state index in [0.717, 1.165) is 6.42 Å². The van der Waals surface area contributed by atoms with Crippen LogP contribution in [0.4, 0.5) is 0 Å². The fraction of sp³-hybridized carbons (Fsp3) is 0.714. The summed E-state index contributed by atoms with van der Waals surface area (Å²) < 4.78 is 5.42. The van der Waals surface area contributed by atoms with Crippen molar-refractivity contribution in [2.75, 3.05) is 20.2 Å². The molecule has 0 radical (unpaired) electrons. The van der Waals surface area contributed by atoms with E-state index in [0.29, 0.717) is 19.2 Å². The Kier molecular flexibility index (Phi) is 6.86. The molecule has 3 nitrogen and oxygen atoms in total. The van der Waals surface area contributed by atoms with E-state index in [1.54, 1.807) is 11.3 Å². The molecule has 1 aromatic rings. The molecule has 0 aliphatic heterocycles. The van der Waals surface area contributed by atoms with Gasteiger partial charge < -0.3 is 14.7 Å². The predicted molar refractivity (Wildman–Crippen MR) is 77.2 cm³/mol. The van der Waals surface area contributed by atoms with E-state index in [4.69, 9.17) is 4.74 Å². The zero-order valence-electron chi connectivity index (χ0n) is 11.8. The third-order valence-electron chi connectivity index (χ3n) is 2.95. The zero-order valence-corrected chi connectivity index (χ0v) is 12.6. The highest BCUT2D eigenvalue weighted by atomic mass is 32.1. The van der Waals surface area contributed by atoms with Crippen LogP contribution in [0.3, 0.4) is 0 Å². The monoisotopic (exact) mass is 271 g/mol. The first-order chi connectivity index (χ1) is 8.49. The van der Waals surface area contributed by atoms with Crippen LogP contribution in [-0.2, 0) is 11.2 Å². The molecule has 0 aliphatic rings. The molecule has 0 spiro atoms. The molecule has 0 bridgehead atoms. The van der Waals surface area contributed by atoms with Gasteiger partial charge in [0.2, 0.25) is 0 Å². The number of aliphatic hydroxyl groups is 1. The summed E-state index contributed by atoms with van der Waals surface area (Å²) in [6.07, 6.45) is 0.794. The molecule has 0 aliphatic carbocycles. The molecule has 4 heteroatoms. The lowest BCUT2D eigenvalue weighted by Crippen LogP contribution is -2.39. The number of nitrogens with zero attached hydrogens (tertiary/aromatic N) is 1. The van der Waals surface area contributed by atoms with Gasteiger partial charge in [-0.1, -0.05) is 6.07 Å². The van der Waals surface area contributed by atoms with Gasteiger partial charge in [0.05, 0.1) is 18.8 Å². The first-order valence-electron chi connectivity index (χ1n) is 6.51. The minimum absolute atomic E-state index is 0.175. The molecular weight excluding hydrogens is 246 g/mol. The van der Waals surface area contributed by atoms with E-state index in [-0.39, 0.29) is 6.10 Å². The Morgan fingerprint density at radius 1 is 1.39 bits per heavy atom. The molecule has 0 aromatic carbocycles. The van der Waals surface area contributed by atoms with Gasteiger partial charge in [-0.2, -0.15) is 0 Å². The average Bonchev–Trinajstić information content (AvgIpc) is 2.79. The topological polar surface area (TPSA) is 32.7 Å². The maximum Gasteiger partial charge on any atom is 0.0900 e. The summed E-state index contributed by atoms with van der Waals surface area (Å²) in [6, 6.07) is 4.67. The minimum atomic E-state index is -0.414. The van der Waals surface area contributed by atoms with Crippen molar-refractivity contribution in [1.82, 2.24) is 4.90 Å². The van der Waals surface area contributed by atoms with Gasteiger partial charge in [-0.15, -0.1) is 11.3 Å². The van der Waals surface area contributed by atoms with Crippen LogP contribution in [0, 0.1) is 0 Å². The van der Waals surface area contributed by atoms with E-state index in [9.17, 15) is 5.11 Å². The number of hydrogen-bond donors (Lipinski definition) is 1. The van der Waals surface area contributed by atoms with Crippen LogP contribution in [0.2, 0.25) is 0 Å². The minimum Gasteiger partial charge on any atom is -0.389 e. The molecule has 0 saturated heterocycles. The van der Waals surface area contributed by atoms with Crippen LogP contribution in [0.15, 0.2) is 17.5 Å². The third-order valence-corrected chi connectivity index (χ3v) is 3.85. The second-order valence-corrected chi connectivity index (χ2v) is 6.14. The highest BCUT2D eigenvalue weighted by molar-refractivity contribution is 7.09. The third kappa shape index (κ3) is 5.96. The highest BCUT2D eigenvalue weighted by Crippen LogP contribution is 2.13. The summed E-state index contributed by atoms with van der Waals surface area (Å²) in [7, 11) is 2.05. The summed E-state index contributed by atoms with van der Waals surface area (Å²) in [6.45, 7) is 7.22. The van der Waals surface area contributed by atoms with E-state index >= 15 is 0 Å². The largest absolute Gasteiger partial charge is 0.389 e. The molecule has 1 aromatic heterocycles.